The van der Waals surface area contributed by atoms with Crippen LogP contribution in [0.15, 0.2) is 42.5 Å². The Morgan fingerprint density at radius 2 is 2.00 bits per heavy atom. The summed E-state index contributed by atoms with van der Waals surface area (Å²) in [6.45, 7) is 4.27. The van der Waals surface area contributed by atoms with Gasteiger partial charge in [0.2, 0.25) is 11.8 Å². The van der Waals surface area contributed by atoms with Crippen LogP contribution in [0.2, 0.25) is 0 Å². The highest BCUT2D eigenvalue weighted by Crippen LogP contribution is 2.24. The van der Waals surface area contributed by atoms with E-state index in [0.717, 1.165) is 16.9 Å². The van der Waals surface area contributed by atoms with Gasteiger partial charge in [-0.05, 0) is 49.7 Å². The second-order valence-corrected chi connectivity index (χ2v) is 7.92. The van der Waals surface area contributed by atoms with Crippen LogP contribution in [0.4, 0.5) is 5.69 Å². The van der Waals surface area contributed by atoms with Crippen molar-refractivity contribution in [3.63, 3.8) is 0 Å². The molecule has 3 rings (SSSR count). The van der Waals surface area contributed by atoms with Crippen molar-refractivity contribution in [2.75, 3.05) is 23.6 Å². The Hall–Kier alpha value is -2.98. The van der Waals surface area contributed by atoms with E-state index in [1.165, 1.54) is 0 Å². The standard InChI is InChI=1S/C22H23N3O3S/c1-15-3-8-20(16(2)11-15)28-10-9-21(26)25-14-29-13-19(25)22(27)24-18-6-4-17(12-23)5-7-18/h3-8,11,19H,9-10,13-14H2,1-2H3,(H,24,27). The topological polar surface area (TPSA) is 82.4 Å². The van der Waals surface area contributed by atoms with Crippen LogP contribution < -0.4 is 10.1 Å². The molecule has 0 aliphatic carbocycles. The maximum absolute atomic E-state index is 12.6. The number of nitriles is 1. The largest absolute Gasteiger partial charge is 0.493 e. The summed E-state index contributed by atoms with van der Waals surface area (Å²) in [6.07, 6.45) is 0.217. The van der Waals surface area contributed by atoms with Crippen LogP contribution in [0.5, 0.6) is 5.75 Å². The number of benzene rings is 2. The third-order valence-corrected chi connectivity index (χ3v) is 5.70. The summed E-state index contributed by atoms with van der Waals surface area (Å²) in [5.41, 5.74) is 3.33. The zero-order valence-electron chi connectivity index (χ0n) is 16.5. The van der Waals surface area contributed by atoms with Gasteiger partial charge in [0.05, 0.1) is 30.5 Å². The van der Waals surface area contributed by atoms with Gasteiger partial charge in [0, 0.05) is 11.4 Å². The lowest BCUT2D eigenvalue weighted by Gasteiger charge is -2.23. The van der Waals surface area contributed by atoms with E-state index < -0.39 is 6.04 Å². The first-order valence-corrected chi connectivity index (χ1v) is 10.5. The van der Waals surface area contributed by atoms with Gasteiger partial charge in [-0.1, -0.05) is 17.7 Å². The predicted molar refractivity (Wildman–Crippen MR) is 114 cm³/mol. The van der Waals surface area contributed by atoms with Crippen molar-refractivity contribution >= 4 is 29.3 Å². The molecule has 7 heteroatoms. The van der Waals surface area contributed by atoms with Crippen molar-refractivity contribution in [2.45, 2.75) is 26.3 Å². The predicted octanol–water partition coefficient (Wildman–Crippen LogP) is 3.48. The fourth-order valence-corrected chi connectivity index (χ4v) is 4.29. The van der Waals surface area contributed by atoms with Gasteiger partial charge >= 0.3 is 0 Å². The summed E-state index contributed by atoms with van der Waals surface area (Å²) in [5.74, 6) is 1.51. The number of carbonyl (C=O) groups is 2. The minimum atomic E-state index is -0.510. The van der Waals surface area contributed by atoms with Crippen LogP contribution >= 0.6 is 11.8 Å². The number of anilines is 1. The molecular weight excluding hydrogens is 386 g/mol. The zero-order valence-corrected chi connectivity index (χ0v) is 17.3. The number of amides is 2. The Balaban J connectivity index is 1.54. The molecule has 1 N–H and O–H groups in total. The zero-order chi connectivity index (χ0) is 20.8. The second-order valence-electron chi connectivity index (χ2n) is 6.93. The summed E-state index contributed by atoms with van der Waals surface area (Å²) in [4.78, 5) is 26.9. The molecule has 1 heterocycles. The molecule has 0 bridgehead atoms. The van der Waals surface area contributed by atoms with Crippen LogP contribution in [-0.4, -0.2) is 41.0 Å². The Bertz CT molecular complexity index is 937. The molecule has 0 saturated carbocycles. The number of carbonyl (C=O) groups excluding carboxylic acids is 2. The van der Waals surface area contributed by atoms with E-state index in [9.17, 15) is 9.59 Å². The van der Waals surface area contributed by atoms with E-state index in [-0.39, 0.29) is 24.8 Å². The van der Waals surface area contributed by atoms with Gasteiger partial charge in [0.15, 0.2) is 0 Å². The van der Waals surface area contributed by atoms with Crippen molar-refractivity contribution in [2.24, 2.45) is 0 Å². The maximum atomic E-state index is 12.6. The van der Waals surface area contributed by atoms with Gasteiger partial charge in [-0.2, -0.15) is 5.26 Å². The lowest BCUT2D eigenvalue weighted by atomic mass is 10.1. The average molecular weight is 410 g/mol. The quantitative estimate of drug-likeness (QED) is 0.790. The van der Waals surface area contributed by atoms with Crippen LogP contribution in [0.25, 0.3) is 0 Å². The van der Waals surface area contributed by atoms with E-state index in [1.54, 1.807) is 40.9 Å². The molecule has 150 valence electrons. The van der Waals surface area contributed by atoms with Crippen molar-refractivity contribution in [1.82, 2.24) is 4.90 Å². The molecule has 2 aromatic rings. The number of hydrogen-bond donors (Lipinski definition) is 1. The monoisotopic (exact) mass is 409 g/mol. The minimum absolute atomic E-state index is 0.0975. The Labute approximate surface area is 174 Å². The first-order chi connectivity index (χ1) is 14.0. The van der Waals surface area contributed by atoms with E-state index in [0.29, 0.717) is 22.9 Å². The van der Waals surface area contributed by atoms with Gasteiger partial charge in [0.25, 0.3) is 0 Å². The summed E-state index contributed by atoms with van der Waals surface area (Å²) >= 11 is 1.56. The molecule has 29 heavy (non-hydrogen) atoms. The molecular formula is C22H23N3O3S. The van der Waals surface area contributed by atoms with E-state index >= 15 is 0 Å². The average Bonchev–Trinajstić information content (AvgIpc) is 3.20. The maximum Gasteiger partial charge on any atom is 0.248 e. The molecule has 1 unspecified atom stereocenters. The lowest BCUT2D eigenvalue weighted by molar-refractivity contribution is -0.136. The molecule has 2 aromatic carbocycles. The molecule has 1 saturated heterocycles. The van der Waals surface area contributed by atoms with Crippen molar-refractivity contribution in [1.29, 1.82) is 5.26 Å². The van der Waals surface area contributed by atoms with Gasteiger partial charge in [-0.3, -0.25) is 9.59 Å². The van der Waals surface area contributed by atoms with Crippen LogP contribution in [0, 0.1) is 25.2 Å². The number of nitrogens with zero attached hydrogens (tertiary/aromatic N) is 2. The highest BCUT2D eigenvalue weighted by Gasteiger charge is 2.34. The summed E-state index contributed by atoms with van der Waals surface area (Å²) < 4.78 is 5.75. The molecule has 0 aromatic heterocycles. The second kappa shape index (κ2) is 9.48. The smallest absolute Gasteiger partial charge is 0.248 e. The number of aryl methyl sites for hydroxylation is 2. The molecule has 2 amide bonds. The molecule has 0 spiro atoms. The number of thioether (sulfide) groups is 1. The van der Waals surface area contributed by atoms with Crippen molar-refractivity contribution in [3.8, 4) is 11.8 Å². The number of rotatable bonds is 6. The SMILES string of the molecule is Cc1ccc(OCCC(=O)N2CSCC2C(=O)Nc2ccc(C#N)cc2)c(C)c1. The van der Waals surface area contributed by atoms with Crippen LogP contribution in [0.1, 0.15) is 23.1 Å². The fourth-order valence-electron chi connectivity index (χ4n) is 3.11. The number of ether oxygens (including phenoxy) is 1. The van der Waals surface area contributed by atoms with E-state index in [4.69, 9.17) is 10.00 Å². The summed E-state index contributed by atoms with van der Waals surface area (Å²) in [7, 11) is 0. The summed E-state index contributed by atoms with van der Waals surface area (Å²) in [6, 6.07) is 14.1. The van der Waals surface area contributed by atoms with E-state index in [1.807, 2.05) is 38.1 Å². The minimum Gasteiger partial charge on any atom is -0.493 e. The first kappa shape index (κ1) is 20.7. The molecule has 0 radical (unpaired) electrons. The molecule has 6 nitrogen and oxygen atoms in total. The highest BCUT2D eigenvalue weighted by atomic mass is 32.2. The fraction of sp³-hybridized carbons (Fsp3) is 0.318. The Morgan fingerprint density at radius 1 is 1.24 bits per heavy atom. The van der Waals surface area contributed by atoms with Crippen molar-refractivity contribution in [3.05, 3.63) is 59.2 Å². The first-order valence-electron chi connectivity index (χ1n) is 9.36. The van der Waals surface area contributed by atoms with E-state index in [2.05, 4.69) is 5.32 Å². The normalized spacial score (nSPS) is 15.6. The lowest BCUT2D eigenvalue weighted by Crippen LogP contribution is -2.44. The summed E-state index contributed by atoms with van der Waals surface area (Å²) in [5, 5.41) is 11.7. The molecule has 1 atom stereocenters. The molecule has 1 aliphatic heterocycles. The van der Waals surface area contributed by atoms with Gasteiger partial charge in [0.1, 0.15) is 11.8 Å². The Morgan fingerprint density at radius 3 is 2.69 bits per heavy atom. The Kier molecular flexibility index (Phi) is 6.78. The molecule has 1 aliphatic rings. The number of nitrogens with one attached hydrogen (secondary N) is 1. The third kappa shape index (κ3) is 5.30. The number of hydrogen-bond acceptors (Lipinski definition) is 5. The van der Waals surface area contributed by atoms with Gasteiger partial charge in [-0.25, -0.2) is 0 Å². The van der Waals surface area contributed by atoms with Crippen molar-refractivity contribution < 1.29 is 14.3 Å². The van der Waals surface area contributed by atoms with Crippen LogP contribution in [-0.2, 0) is 9.59 Å². The third-order valence-electron chi connectivity index (χ3n) is 4.69. The molecule has 1 fully saturated rings. The van der Waals surface area contributed by atoms with Gasteiger partial charge in [-0.15, -0.1) is 11.8 Å². The van der Waals surface area contributed by atoms with Crippen LogP contribution in [0.3, 0.4) is 0 Å². The van der Waals surface area contributed by atoms with Gasteiger partial charge < -0.3 is 15.0 Å². The highest BCUT2D eigenvalue weighted by molar-refractivity contribution is 7.99.